The Labute approximate surface area is 122 Å². The van der Waals surface area contributed by atoms with Crippen molar-refractivity contribution in [2.45, 2.75) is 12.8 Å². The van der Waals surface area contributed by atoms with Crippen LogP contribution >= 0.6 is 0 Å². The van der Waals surface area contributed by atoms with Gasteiger partial charge in [-0.15, -0.1) is 0 Å². The lowest BCUT2D eigenvalue weighted by molar-refractivity contribution is 0.0117. The normalized spacial score (nSPS) is 21.6. The quantitative estimate of drug-likeness (QED) is 0.846. The van der Waals surface area contributed by atoms with Crippen molar-refractivity contribution < 1.29 is 27.4 Å². The maximum Gasteiger partial charge on any atom is 0.162 e. The number of aliphatic hydroxyl groups is 2. The summed E-state index contributed by atoms with van der Waals surface area (Å²) in [6.45, 7) is -0.973. The fourth-order valence-electron chi connectivity index (χ4n) is 2.91. The van der Waals surface area contributed by atoms with E-state index in [-0.39, 0.29) is 23.5 Å². The highest BCUT2D eigenvalue weighted by Gasteiger charge is 2.44. The summed E-state index contributed by atoms with van der Waals surface area (Å²) >= 11 is 0. The van der Waals surface area contributed by atoms with Gasteiger partial charge in [0.2, 0.25) is 0 Å². The van der Waals surface area contributed by atoms with E-state index in [9.17, 15) is 27.4 Å². The van der Waals surface area contributed by atoms with Crippen LogP contribution in [0.5, 0.6) is 0 Å². The van der Waals surface area contributed by atoms with Crippen molar-refractivity contribution in [3.63, 3.8) is 0 Å². The smallest absolute Gasteiger partial charge is 0.162 e. The van der Waals surface area contributed by atoms with Gasteiger partial charge >= 0.3 is 0 Å². The number of aliphatic hydroxyl groups excluding tert-OH is 2. The molecule has 0 aromatic heterocycles. The molecule has 0 radical (unpaired) electrons. The molecule has 7 heteroatoms. The van der Waals surface area contributed by atoms with Crippen molar-refractivity contribution in [3.05, 3.63) is 35.4 Å². The molecule has 1 aliphatic heterocycles. The number of sulfone groups is 1. The third-order valence-electron chi connectivity index (χ3n) is 4.30. The van der Waals surface area contributed by atoms with Gasteiger partial charge in [-0.05, 0) is 30.4 Å². The van der Waals surface area contributed by atoms with E-state index >= 15 is 0 Å². The Hall–Kier alpha value is -1.05. The number of hydrogen-bond acceptors (Lipinski definition) is 4. The molecule has 1 fully saturated rings. The van der Waals surface area contributed by atoms with Gasteiger partial charge in [0.05, 0.1) is 24.7 Å². The maximum atomic E-state index is 13.8. The summed E-state index contributed by atoms with van der Waals surface area (Å²) < 4.78 is 50.2. The average molecular weight is 320 g/mol. The van der Waals surface area contributed by atoms with Gasteiger partial charge in [0.15, 0.2) is 21.5 Å². The Bertz CT molecular complexity index is 611. The van der Waals surface area contributed by atoms with E-state index in [2.05, 4.69) is 0 Å². The average Bonchev–Trinajstić information content (AvgIpc) is 2.81. The van der Waals surface area contributed by atoms with Gasteiger partial charge in [-0.1, -0.05) is 12.1 Å². The second kappa shape index (κ2) is 5.98. The molecule has 0 aliphatic carbocycles. The third kappa shape index (κ3) is 3.25. The molecule has 1 aliphatic rings. The Balaban J connectivity index is 2.32. The summed E-state index contributed by atoms with van der Waals surface area (Å²) in [5.74, 6) is -2.66. The fourth-order valence-corrected chi connectivity index (χ4v) is 4.85. The summed E-state index contributed by atoms with van der Waals surface area (Å²) in [7, 11) is -3.20. The lowest BCUT2D eigenvalue weighted by atomic mass is 9.72. The standard InChI is InChI=1S/C14H18F2O4S/c15-12-3-1-2-10(13(12)16)6-14(8-17,9-18)11-4-5-21(19,20)7-11/h1-3,11,17-18H,4-9H2. The van der Waals surface area contributed by atoms with Crippen LogP contribution in [0.1, 0.15) is 12.0 Å². The van der Waals surface area contributed by atoms with Crippen LogP contribution in [0.15, 0.2) is 18.2 Å². The minimum atomic E-state index is -3.20. The van der Waals surface area contributed by atoms with Crippen molar-refractivity contribution >= 4 is 9.84 Å². The molecule has 118 valence electrons. The van der Waals surface area contributed by atoms with Gasteiger partial charge < -0.3 is 10.2 Å². The molecule has 2 rings (SSSR count). The Morgan fingerprint density at radius 1 is 1.24 bits per heavy atom. The topological polar surface area (TPSA) is 74.6 Å². The van der Waals surface area contributed by atoms with Crippen LogP contribution in [0.4, 0.5) is 8.78 Å². The first-order valence-electron chi connectivity index (χ1n) is 6.68. The molecule has 0 saturated carbocycles. The van der Waals surface area contributed by atoms with E-state index < -0.39 is 46.0 Å². The van der Waals surface area contributed by atoms with Crippen molar-refractivity contribution in [1.82, 2.24) is 0 Å². The van der Waals surface area contributed by atoms with Crippen LogP contribution in [0.2, 0.25) is 0 Å². The van der Waals surface area contributed by atoms with Gasteiger partial charge in [-0.3, -0.25) is 0 Å². The molecule has 2 N–H and O–H groups in total. The van der Waals surface area contributed by atoms with Crippen LogP contribution < -0.4 is 0 Å². The lowest BCUT2D eigenvalue weighted by Gasteiger charge is -2.35. The van der Waals surface area contributed by atoms with E-state index in [0.717, 1.165) is 6.07 Å². The molecular formula is C14H18F2O4S. The third-order valence-corrected chi connectivity index (χ3v) is 6.07. The van der Waals surface area contributed by atoms with Gasteiger partial charge in [-0.2, -0.15) is 0 Å². The summed E-state index contributed by atoms with van der Waals surface area (Å²) in [5, 5.41) is 19.3. The Morgan fingerprint density at radius 2 is 1.90 bits per heavy atom. The number of rotatable bonds is 5. The van der Waals surface area contributed by atoms with Crippen molar-refractivity contribution in [1.29, 1.82) is 0 Å². The van der Waals surface area contributed by atoms with Crippen LogP contribution in [0, 0.1) is 23.0 Å². The monoisotopic (exact) mass is 320 g/mol. The van der Waals surface area contributed by atoms with E-state index in [1.165, 1.54) is 12.1 Å². The van der Waals surface area contributed by atoms with Crippen molar-refractivity contribution in [3.8, 4) is 0 Å². The van der Waals surface area contributed by atoms with Crippen LogP contribution in [-0.2, 0) is 16.3 Å². The van der Waals surface area contributed by atoms with Gasteiger partial charge in [-0.25, -0.2) is 17.2 Å². The molecule has 1 atom stereocenters. The van der Waals surface area contributed by atoms with Crippen LogP contribution in [0.25, 0.3) is 0 Å². The minimum absolute atomic E-state index is 0.00888. The number of hydrogen-bond donors (Lipinski definition) is 2. The largest absolute Gasteiger partial charge is 0.396 e. The van der Waals surface area contributed by atoms with Gasteiger partial charge in [0.1, 0.15) is 0 Å². The zero-order valence-corrected chi connectivity index (χ0v) is 12.2. The first-order chi connectivity index (χ1) is 9.83. The molecule has 1 saturated heterocycles. The summed E-state index contributed by atoms with van der Waals surface area (Å²) in [6.07, 6.45) is 0.199. The molecular weight excluding hydrogens is 302 g/mol. The summed E-state index contributed by atoms with van der Waals surface area (Å²) in [6, 6.07) is 3.71. The predicted octanol–water partition coefficient (Wildman–Crippen LogP) is 0.913. The number of halogens is 2. The van der Waals surface area contributed by atoms with Gasteiger partial charge in [0, 0.05) is 5.41 Å². The molecule has 0 bridgehead atoms. The predicted molar refractivity (Wildman–Crippen MR) is 73.4 cm³/mol. The summed E-state index contributed by atoms with van der Waals surface area (Å²) in [5.41, 5.74) is -1.14. The molecule has 1 aromatic carbocycles. The van der Waals surface area contributed by atoms with E-state index in [1.54, 1.807) is 0 Å². The highest BCUT2D eigenvalue weighted by molar-refractivity contribution is 7.91. The Morgan fingerprint density at radius 3 is 2.43 bits per heavy atom. The zero-order valence-electron chi connectivity index (χ0n) is 11.4. The molecule has 4 nitrogen and oxygen atoms in total. The second-order valence-electron chi connectivity index (χ2n) is 5.67. The highest BCUT2D eigenvalue weighted by atomic mass is 32.2. The van der Waals surface area contributed by atoms with Crippen molar-refractivity contribution in [2.24, 2.45) is 11.3 Å². The molecule has 0 spiro atoms. The number of benzene rings is 1. The first-order valence-corrected chi connectivity index (χ1v) is 8.51. The minimum Gasteiger partial charge on any atom is -0.396 e. The summed E-state index contributed by atoms with van der Waals surface area (Å²) in [4.78, 5) is 0. The highest BCUT2D eigenvalue weighted by Crippen LogP contribution is 2.39. The van der Waals surface area contributed by atoms with Crippen LogP contribution in [-0.4, -0.2) is 43.4 Å². The molecule has 21 heavy (non-hydrogen) atoms. The molecule has 0 amide bonds. The maximum absolute atomic E-state index is 13.8. The molecule has 1 aromatic rings. The zero-order chi connectivity index (χ0) is 15.7. The van der Waals surface area contributed by atoms with E-state index in [1.807, 2.05) is 0 Å². The Kier molecular flexibility index (Phi) is 4.65. The van der Waals surface area contributed by atoms with Gasteiger partial charge in [0.25, 0.3) is 0 Å². The molecule has 1 unspecified atom stereocenters. The fraction of sp³-hybridized carbons (Fsp3) is 0.571. The lowest BCUT2D eigenvalue weighted by Crippen LogP contribution is -2.41. The van der Waals surface area contributed by atoms with E-state index in [0.29, 0.717) is 6.42 Å². The van der Waals surface area contributed by atoms with Crippen LogP contribution in [0.3, 0.4) is 0 Å². The van der Waals surface area contributed by atoms with E-state index in [4.69, 9.17) is 0 Å². The molecule has 1 heterocycles. The SMILES string of the molecule is O=S1(=O)CCC(C(CO)(CO)Cc2cccc(F)c2F)C1. The van der Waals surface area contributed by atoms with Crippen molar-refractivity contribution in [2.75, 3.05) is 24.7 Å². The first kappa shape index (κ1) is 16.3. The second-order valence-corrected chi connectivity index (χ2v) is 7.90.